The summed E-state index contributed by atoms with van der Waals surface area (Å²) in [5.41, 5.74) is 1.22. The highest BCUT2D eigenvalue weighted by molar-refractivity contribution is 8.77. The quantitative estimate of drug-likeness (QED) is 0.0308. The van der Waals surface area contributed by atoms with Crippen molar-refractivity contribution in [1.29, 1.82) is 0 Å². The summed E-state index contributed by atoms with van der Waals surface area (Å²) >= 11 is 0. The van der Waals surface area contributed by atoms with Crippen molar-refractivity contribution < 1.29 is 19.8 Å². The third-order valence-corrected chi connectivity index (χ3v) is 11.1. The zero-order valence-corrected chi connectivity index (χ0v) is 32.9. The number of hydrogen-bond donors (Lipinski definition) is 5. The van der Waals surface area contributed by atoms with E-state index in [1.165, 1.54) is 5.56 Å². The Kier molecular flexibility index (Phi) is 28.9. The standard InChI is InChI=1S/C42H65N3O4S2/c1-4-5-6-7-8-9-10-11-12-13-14-15-16-17-18-19-20-21-25-30-40(48)44-32-33-50-51-42(2,3)39(35-43-34-38(47)36-46)45-41(49)31-26-29-37-27-23-22-24-28-37/h5-6,8-9,11-12,14-15,17-18,20-24,27-28,38-39,43,46-47H,4,7,10,13,16,19,25-26,29-36H2,1-3H3,(H,44,48)(H,45,49)/b6-5-,9-8-,12-11-,15-14-,18-17-,21-20-/t38-,39-/m1/s1. The maximum atomic E-state index is 12.9. The van der Waals surface area contributed by atoms with Gasteiger partial charge in [0, 0.05) is 43.0 Å². The maximum Gasteiger partial charge on any atom is 0.220 e. The minimum Gasteiger partial charge on any atom is -0.394 e. The molecular formula is C42H65N3O4S2. The lowest BCUT2D eigenvalue weighted by Gasteiger charge is -2.34. The van der Waals surface area contributed by atoms with Gasteiger partial charge in [-0.25, -0.2) is 0 Å². The molecule has 0 radical (unpaired) electrons. The molecule has 1 aromatic carbocycles. The van der Waals surface area contributed by atoms with Crippen LogP contribution in [0.25, 0.3) is 0 Å². The number of carbonyl (C=O) groups excluding carboxylic acids is 2. The fraction of sp³-hybridized carbons (Fsp3) is 0.524. The van der Waals surface area contributed by atoms with Gasteiger partial charge in [-0.3, -0.25) is 9.59 Å². The molecule has 51 heavy (non-hydrogen) atoms. The van der Waals surface area contributed by atoms with Crippen molar-refractivity contribution in [2.75, 3.05) is 32.0 Å². The van der Waals surface area contributed by atoms with Gasteiger partial charge < -0.3 is 26.2 Å². The van der Waals surface area contributed by atoms with Crippen molar-refractivity contribution in [3.63, 3.8) is 0 Å². The van der Waals surface area contributed by atoms with E-state index >= 15 is 0 Å². The number of aliphatic hydroxyl groups excluding tert-OH is 2. The molecule has 0 aromatic heterocycles. The predicted octanol–water partition coefficient (Wildman–Crippen LogP) is 8.19. The summed E-state index contributed by atoms with van der Waals surface area (Å²) in [6, 6.07) is 9.96. The lowest BCUT2D eigenvalue weighted by atomic mass is 10.0. The van der Waals surface area contributed by atoms with Crippen LogP contribution in [-0.4, -0.2) is 70.9 Å². The molecule has 0 unspecified atom stereocenters. The maximum absolute atomic E-state index is 12.9. The Balaban J connectivity index is 2.24. The van der Waals surface area contributed by atoms with Crippen molar-refractivity contribution in [3.05, 3.63) is 109 Å². The smallest absolute Gasteiger partial charge is 0.220 e. The van der Waals surface area contributed by atoms with Crippen LogP contribution in [0.1, 0.15) is 90.5 Å². The third kappa shape index (κ3) is 27.5. The fourth-order valence-corrected chi connectivity index (χ4v) is 7.31. The molecule has 0 bridgehead atoms. The number of rotatable bonds is 30. The highest BCUT2D eigenvalue weighted by Gasteiger charge is 2.31. The molecule has 0 spiro atoms. The van der Waals surface area contributed by atoms with E-state index in [0.29, 0.717) is 25.9 Å². The summed E-state index contributed by atoms with van der Waals surface area (Å²) in [4.78, 5) is 25.2. The lowest BCUT2D eigenvalue weighted by molar-refractivity contribution is -0.122. The summed E-state index contributed by atoms with van der Waals surface area (Å²) in [5.74, 6) is 0.790. The summed E-state index contributed by atoms with van der Waals surface area (Å²) in [5, 5.41) is 28.3. The van der Waals surface area contributed by atoms with Gasteiger partial charge in [0.05, 0.1) is 18.8 Å². The van der Waals surface area contributed by atoms with Crippen molar-refractivity contribution in [1.82, 2.24) is 16.0 Å². The van der Waals surface area contributed by atoms with Gasteiger partial charge in [0.1, 0.15) is 0 Å². The van der Waals surface area contributed by atoms with Crippen LogP contribution in [0.15, 0.2) is 103 Å². The largest absolute Gasteiger partial charge is 0.394 e. The molecule has 2 amide bonds. The molecule has 1 rings (SSSR count). The summed E-state index contributed by atoms with van der Waals surface area (Å²) in [6.45, 7) is 7.31. The van der Waals surface area contributed by atoms with Crippen molar-refractivity contribution >= 4 is 33.4 Å². The molecule has 0 heterocycles. The SMILES string of the molecule is CC/C=C\C/C=C\C/C=C\C/C=C\C/C=C\C/C=C\CCC(=O)NCCSSC(C)(C)[C@@H](CNC[C@@H](O)CO)NC(=O)CCCc1ccccc1. The summed E-state index contributed by atoms with van der Waals surface area (Å²) in [7, 11) is 3.35. The molecular weight excluding hydrogens is 675 g/mol. The van der Waals surface area contributed by atoms with E-state index in [9.17, 15) is 14.7 Å². The Morgan fingerprint density at radius 2 is 1.35 bits per heavy atom. The Morgan fingerprint density at radius 3 is 1.92 bits per heavy atom. The number of allylic oxidation sites excluding steroid dienone is 12. The first-order valence-corrected chi connectivity index (χ1v) is 20.9. The second kappa shape index (κ2) is 31.9. The molecule has 0 aliphatic heterocycles. The van der Waals surface area contributed by atoms with Crippen LogP contribution in [0.3, 0.4) is 0 Å². The number of aryl methyl sites for hydroxylation is 1. The van der Waals surface area contributed by atoms with Gasteiger partial charge in [0.15, 0.2) is 0 Å². The normalized spacial score (nSPS) is 13.8. The van der Waals surface area contributed by atoms with Gasteiger partial charge in [-0.05, 0) is 77.2 Å². The van der Waals surface area contributed by atoms with Crippen LogP contribution in [0.2, 0.25) is 0 Å². The highest BCUT2D eigenvalue weighted by atomic mass is 33.1. The molecule has 1 aromatic rings. The Labute approximate surface area is 317 Å². The second-order valence-corrected chi connectivity index (χ2v) is 15.8. The van der Waals surface area contributed by atoms with E-state index in [-0.39, 0.29) is 35.8 Å². The number of benzene rings is 1. The summed E-state index contributed by atoms with van der Waals surface area (Å²) in [6.07, 6.45) is 34.3. The molecule has 7 nitrogen and oxygen atoms in total. The van der Waals surface area contributed by atoms with Crippen molar-refractivity contribution in [2.45, 2.75) is 108 Å². The minimum atomic E-state index is -0.847. The van der Waals surface area contributed by atoms with Gasteiger partial charge in [0.25, 0.3) is 0 Å². The van der Waals surface area contributed by atoms with Crippen molar-refractivity contribution in [2.24, 2.45) is 0 Å². The lowest BCUT2D eigenvalue weighted by Crippen LogP contribution is -2.53. The van der Waals surface area contributed by atoms with E-state index in [2.05, 4.69) is 122 Å². The van der Waals surface area contributed by atoms with Crippen LogP contribution >= 0.6 is 21.6 Å². The number of amides is 2. The van der Waals surface area contributed by atoms with Crippen LogP contribution in [0.5, 0.6) is 0 Å². The second-order valence-electron chi connectivity index (χ2n) is 12.8. The highest BCUT2D eigenvalue weighted by Crippen LogP contribution is 2.37. The topological polar surface area (TPSA) is 111 Å². The van der Waals surface area contributed by atoms with E-state index in [1.807, 2.05) is 18.2 Å². The van der Waals surface area contributed by atoms with Crippen LogP contribution < -0.4 is 16.0 Å². The van der Waals surface area contributed by atoms with Crippen LogP contribution in [0, 0.1) is 0 Å². The van der Waals surface area contributed by atoms with Gasteiger partial charge in [-0.2, -0.15) is 0 Å². The molecule has 5 N–H and O–H groups in total. The van der Waals surface area contributed by atoms with Gasteiger partial charge in [-0.15, -0.1) is 0 Å². The zero-order valence-electron chi connectivity index (χ0n) is 31.3. The fourth-order valence-electron chi connectivity index (χ4n) is 4.72. The van der Waals surface area contributed by atoms with E-state index in [0.717, 1.165) is 63.5 Å². The van der Waals surface area contributed by atoms with E-state index in [4.69, 9.17) is 5.11 Å². The number of carbonyl (C=O) groups is 2. The monoisotopic (exact) mass is 739 g/mol. The summed E-state index contributed by atoms with van der Waals surface area (Å²) < 4.78 is -0.322. The van der Waals surface area contributed by atoms with Crippen LogP contribution in [0.4, 0.5) is 0 Å². The Morgan fingerprint density at radius 1 is 0.784 bits per heavy atom. The molecule has 9 heteroatoms. The molecule has 0 fully saturated rings. The molecule has 2 atom stereocenters. The molecule has 0 aliphatic carbocycles. The third-order valence-electron chi connectivity index (χ3n) is 7.74. The average molecular weight is 740 g/mol. The average Bonchev–Trinajstić information content (AvgIpc) is 3.12. The first kappa shape index (κ1) is 46.2. The first-order valence-electron chi connectivity index (χ1n) is 18.6. The minimum absolute atomic E-state index is 0.00159. The van der Waals surface area contributed by atoms with Gasteiger partial charge in [-0.1, -0.05) is 132 Å². The van der Waals surface area contributed by atoms with E-state index in [1.54, 1.807) is 21.6 Å². The number of hydrogen-bond acceptors (Lipinski definition) is 7. The molecule has 0 saturated heterocycles. The number of aliphatic hydroxyl groups is 2. The van der Waals surface area contributed by atoms with Gasteiger partial charge >= 0.3 is 0 Å². The Bertz CT molecular complexity index is 1210. The van der Waals surface area contributed by atoms with Crippen LogP contribution in [-0.2, 0) is 16.0 Å². The number of nitrogens with one attached hydrogen (secondary N) is 3. The first-order chi connectivity index (χ1) is 24.8. The molecule has 0 saturated carbocycles. The Hall–Kier alpha value is -2.82. The molecule has 284 valence electrons. The van der Waals surface area contributed by atoms with Crippen molar-refractivity contribution in [3.8, 4) is 0 Å². The van der Waals surface area contributed by atoms with Gasteiger partial charge in [0.2, 0.25) is 11.8 Å². The zero-order chi connectivity index (χ0) is 37.3. The predicted molar refractivity (Wildman–Crippen MR) is 222 cm³/mol. The van der Waals surface area contributed by atoms with E-state index < -0.39 is 6.10 Å². The molecule has 0 aliphatic rings.